The maximum Gasteiger partial charge on any atom is 0.223 e. The largest absolute Gasteiger partial charge is 0.359 e. The van der Waals surface area contributed by atoms with Gasteiger partial charge in [-0.05, 0) is 23.8 Å². The van der Waals surface area contributed by atoms with Crippen molar-refractivity contribution in [3.8, 4) is 6.07 Å². The summed E-state index contributed by atoms with van der Waals surface area (Å²) >= 11 is 0. The Morgan fingerprint density at radius 3 is 3.00 bits per heavy atom. The Morgan fingerprint density at radius 1 is 1.46 bits per heavy atom. The molecule has 1 aliphatic heterocycles. The van der Waals surface area contributed by atoms with E-state index < -0.39 is 0 Å². The molecule has 4 rings (SSSR count). The summed E-state index contributed by atoms with van der Waals surface area (Å²) in [5, 5.41) is 9.63. The molecule has 0 radical (unpaired) electrons. The molecule has 1 N–H and O–H groups in total. The molecule has 3 atom stereocenters. The molecule has 2 fully saturated rings. The van der Waals surface area contributed by atoms with Gasteiger partial charge in [0.1, 0.15) is 17.8 Å². The average Bonchev–Trinajstić information content (AvgIpc) is 3.02. The normalized spacial score (nSPS) is 24.7. The van der Waals surface area contributed by atoms with Crippen molar-refractivity contribution in [2.75, 3.05) is 31.6 Å². The number of carbonyl (C=O) groups excluding carboxylic acids is 1. The number of hydrogen-bond donors (Lipinski definition) is 1. The molecule has 2 aromatic heterocycles. The number of carbonyl (C=O) groups is 1. The van der Waals surface area contributed by atoms with Gasteiger partial charge in [0.15, 0.2) is 0 Å². The van der Waals surface area contributed by atoms with Gasteiger partial charge in [-0.2, -0.15) is 5.26 Å². The van der Waals surface area contributed by atoms with Crippen molar-refractivity contribution in [1.82, 2.24) is 19.9 Å². The van der Waals surface area contributed by atoms with Crippen LogP contribution in [0.25, 0.3) is 11.0 Å². The lowest BCUT2D eigenvalue weighted by Gasteiger charge is -2.23. The number of aromatic amines is 1. The molecular formula is C17H20N6O. The Morgan fingerprint density at radius 2 is 2.25 bits per heavy atom. The van der Waals surface area contributed by atoms with E-state index in [1.54, 1.807) is 6.33 Å². The van der Waals surface area contributed by atoms with Gasteiger partial charge in [0.05, 0.1) is 11.5 Å². The fourth-order valence-corrected chi connectivity index (χ4v) is 4.01. The van der Waals surface area contributed by atoms with E-state index in [2.05, 4.69) is 26.9 Å². The van der Waals surface area contributed by atoms with E-state index in [9.17, 15) is 4.79 Å². The molecule has 7 nitrogen and oxygen atoms in total. The number of amides is 1. The lowest BCUT2D eigenvalue weighted by atomic mass is 10.2. The number of nitrogens with zero attached hydrogens (tertiary/aromatic N) is 5. The number of hydrogen-bond acceptors (Lipinski definition) is 5. The zero-order valence-corrected chi connectivity index (χ0v) is 13.6. The number of anilines is 1. The third-order valence-electron chi connectivity index (χ3n) is 5.35. The molecule has 124 valence electrons. The lowest BCUT2D eigenvalue weighted by molar-refractivity contribution is -0.130. The SMILES string of the molecule is CN(C[C@@H]1C2CN(C(=O)CCC#N)C[C@H]21)c1ncnc2[nH]ccc12. The summed E-state index contributed by atoms with van der Waals surface area (Å²) in [7, 11) is 2.07. The Labute approximate surface area is 140 Å². The topological polar surface area (TPSA) is 88.9 Å². The molecule has 1 saturated carbocycles. The molecule has 2 aromatic rings. The van der Waals surface area contributed by atoms with Crippen LogP contribution in [0.4, 0.5) is 5.82 Å². The molecule has 1 amide bonds. The fourth-order valence-electron chi connectivity index (χ4n) is 4.01. The highest BCUT2D eigenvalue weighted by atomic mass is 16.2. The van der Waals surface area contributed by atoms with E-state index in [0.717, 1.165) is 36.5 Å². The number of aromatic nitrogens is 3. The van der Waals surface area contributed by atoms with Crippen molar-refractivity contribution in [3.63, 3.8) is 0 Å². The lowest BCUT2D eigenvalue weighted by Crippen LogP contribution is -2.33. The molecule has 0 aromatic carbocycles. The second kappa shape index (κ2) is 5.78. The Kier molecular flexibility index (Phi) is 3.60. The highest BCUT2D eigenvalue weighted by molar-refractivity contribution is 5.87. The predicted molar refractivity (Wildman–Crippen MR) is 89.1 cm³/mol. The first-order chi connectivity index (χ1) is 11.7. The first-order valence-electron chi connectivity index (χ1n) is 8.33. The van der Waals surface area contributed by atoms with Gasteiger partial charge in [-0.3, -0.25) is 4.79 Å². The molecule has 0 bridgehead atoms. The second-order valence-corrected chi connectivity index (χ2v) is 6.77. The van der Waals surface area contributed by atoms with Crippen molar-refractivity contribution in [1.29, 1.82) is 5.26 Å². The molecule has 0 spiro atoms. The molecule has 7 heteroatoms. The Bertz CT molecular complexity index is 797. The van der Waals surface area contributed by atoms with Gasteiger partial charge in [0, 0.05) is 45.7 Å². The second-order valence-electron chi connectivity index (χ2n) is 6.77. The van der Waals surface area contributed by atoms with Crippen molar-refractivity contribution in [2.45, 2.75) is 12.8 Å². The van der Waals surface area contributed by atoms with Gasteiger partial charge in [0.25, 0.3) is 0 Å². The number of nitriles is 1. The van der Waals surface area contributed by atoms with Crippen molar-refractivity contribution < 1.29 is 4.79 Å². The first-order valence-corrected chi connectivity index (χ1v) is 8.33. The summed E-state index contributed by atoms with van der Waals surface area (Å²) in [5.74, 6) is 2.90. The minimum absolute atomic E-state index is 0.126. The number of fused-ring (bicyclic) bond motifs is 2. The predicted octanol–water partition coefficient (Wildman–Crippen LogP) is 1.40. The first kappa shape index (κ1) is 14.9. The minimum atomic E-state index is 0.126. The highest BCUT2D eigenvalue weighted by Crippen LogP contribution is 2.52. The maximum atomic E-state index is 12.0. The third kappa shape index (κ3) is 2.48. The van der Waals surface area contributed by atoms with Gasteiger partial charge in [-0.25, -0.2) is 9.97 Å². The summed E-state index contributed by atoms with van der Waals surface area (Å²) in [4.78, 5) is 27.9. The van der Waals surface area contributed by atoms with Gasteiger partial charge >= 0.3 is 0 Å². The van der Waals surface area contributed by atoms with Gasteiger partial charge in [-0.1, -0.05) is 0 Å². The molecule has 2 aliphatic rings. The molecule has 1 unspecified atom stereocenters. The number of rotatable bonds is 5. The van der Waals surface area contributed by atoms with E-state index in [0.29, 0.717) is 30.6 Å². The fraction of sp³-hybridized carbons (Fsp3) is 0.529. The molecular weight excluding hydrogens is 304 g/mol. The molecule has 3 heterocycles. The summed E-state index contributed by atoms with van der Waals surface area (Å²) < 4.78 is 0. The van der Waals surface area contributed by atoms with Crippen LogP contribution in [0.2, 0.25) is 0 Å². The van der Waals surface area contributed by atoms with Crippen molar-refractivity contribution >= 4 is 22.8 Å². The molecule has 24 heavy (non-hydrogen) atoms. The zero-order chi connectivity index (χ0) is 16.7. The van der Waals surface area contributed by atoms with Gasteiger partial charge < -0.3 is 14.8 Å². The monoisotopic (exact) mass is 324 g/mol. The van der Waals surface area contributed by atoms with Crippen molar-refractivity contribution in [2.24, 2.45) is 17.8 Å². The minimum Gasteiger partial charge on any atom is -0.359 e. The van der Waals surface area contributed by atoms with Gasteiger partial charge in [0.2, 0.25) is 5.91 Å². The average molecular weight is 324 g/mol. The van der Waals surface area contributed by atoms with Crippen LogP contribution in [0.15, 0.2) is 18.6 Å². The van der Waals surface area contributed by atoms with Crippen LogP contribution in [0.5, 0.6) is 0 Å². The Hall–Kier alpha value is -2.62. The highest BCUT2D eigenvalue weighted by Gasteiger charge is 2.56. The van der Waals surface area contributed by atoms with Crippen LogP contribution >= 0.6 is 0 Å². The van der Waals surface area contributed by atoms with E-state index in [-0.39, 0.29) is 5.91 Å². The summed E-state index contributed by atoms with van der Waals surface area (Å²) in [6.45, 7) is 2.64. The maximum absolute atomic E-state index is 12.0. The van der Waals surface area contributed by atoms with Crippen LogP contribution < -0.4 is 4.90 Å². The summed E-state index contributed by atoms with van der Waals surface area (Å²) in [6.07, 6.45) is 4.14. The van der Waals surface area contributed by atoms with Crippen LogP contribution in [-0.4, -0.2) is 52.4 Å². The standard InChI is InChI=1S/C17H20N6O/c1-22(17-11-4-6-19-16(11)20-10-21-17)7-12-13-8-23(9-14(12)13)15(24)3-2-5-18/h4,6,10,12-14H,2-3,7-9H2,1H3,(H,19,20,21)/t12-,13-,14?/m0/s1. The van der Waals surface area contributed by atoms with Crippen LogP contribution in [0.1, 0.15) is 12.8 Å². The number of H-pyrrole nitrogens is 1. The van der Waals surface area contributed by atoms with E-state index in [1.165, 1.54) is 0 Å². The molecule has 1 aliphatic carbocycles. The van der Waals surface area contributed by atoms with Crippen molar-refractivity contribution in [3.05, 3.63) is 18.6 Å². The van der Waals surface area contributed by atoms with Gasteiger partial charge in [-0.15, -0.1) is 0 Å². The number of nitrogens with one attached hydrogen (secondary N) is 1. The van der Waals surface area contributed by atoms with E-state index >= 15 is 0 Å². The van der Waals surface area contributed by atoms with Crippen LogP contribution in [-0.2, 0) is 4.79 Å². The van der Waals surface area contributed by atoms with Crippen LogP contribution in [0, 0.1) is 29.1 Å². The summed E-state index contributed by atoms with van der Waals surface area (Å²) in [5.41, 5.74) is 0.858. The van der Waals surface area contributed by atoms with E-state index in [4.69, 9.17) is 5.26 Å². The summed E-state index contributed by atoms with van der Waals surface area (Å²) in [6, 6.07) is 4.05. The van der Waals surface area contributed by atoms with E-state index in [1.807, 2.05) is 23.2 Å². The molecule has 1 saturated heterocycles. The Balaban J connectivity index is 1.35. The zero-order valence-electron chi connectivity index (χ0n) is 13.6. The number of piperidine rings is 1. The van der Waals surface area contributed by atoms with Crippen LogP contribution in [0.3, 0.4) is 0 Å². The third-order valence-corrected chi connectivity index (χ3v) is 5.35. The smallest absolute Gasteiger partial charge is 0.223 e. The quantitative estimate of drug-likeness (QED) is 0.898. The number of likely N-dealkylation sites (tertiary alicyclic amines) is 1.